The number of aromatic carboxylic acids is 1. The third-order valence-electron chi connectivity index (χ3n) is 3.39. The maximum absolute atomic E-state index is 10.9. The number of aromatic nitrogens is 2. The first-order valence-electron chi connectivity index (χ1n) is 6.63. The average molecular weight is 264 g/mol. The van der Waals surface area contributed by atoms with Crippen LogP contribution in [0, 0.1) is 6.92 Å². The Kier molecular flexibility index (Phi) is 4.31. The fraction of sp³-hybridized carbons (Fsp3) is 0.615. The van der Waals surface area contributed by atoms with Crippen molar-refractivity contribution in [3.8, 4) is 0 Å². The van der Waals surface area contributed by atoms with Gasteiger partial charge in [-0.25, -0.2) is 14.8 Å². The summed E-state index contributed by atoms with van der Waals surface area (Å²) < 4.78 is 0. The largest absolute Gasteiger partial charge is 0.477 e. The predicted octanol–water partition coefficient (Wildman–Crippen LogP) is 1.38. The van der Waals surface area contributed by atoms with Crippen LogP contribution in [0.5, 0.6) is 0 Å². The van der Waals surface area contributed by atoms with E-state index in [-0.39, 0.29) is 5.69 Å². The lowest BCUT2D eigenvalue weighted by Gasteiger charge is -2.23. The lowest BCUT2D eigenvalue weighted by molar-refractivity contribution is 0.0690. The van der Waals surface area contributed by atoms with Gasteiger partial charge in [-0.15, -0.1) is 0 Å². The summed E-state index contributed by atoms with van der Waals surface area (Å²) in [6, 6.07) is 1.87. The SMILES string of the molecule is Cc1cc(C(=O)O)nc(NCC(C)N2CCCC2)n1. The summed E-state index contributed by atoms with van der Waals surface area (Å²) >= 11 is 0. The van der Waals surface area contributed by atoms with Crippen LogP contribution in [0.1, 0.15) is 35.9 Å². The molecule has 2 N–H and O–H groups in total. The number of carboxylic acid groups (broad SMARTS) is 1. The highest BCUT2D eigenvalue weighted by atomic mass is 16.4. The van der Waals surface area contributed by atoms with Gasteiger partial charge >= 0.3 is 5.97 Å². The van der Waals surface area contributed by atoms with Crippen LogP contribution in [0.3, 0.4) is 0 Å². The molecule has 1 unspecified atom stereocenters. The Hall–Kier alpha value is -1.69. The molecule has 0 spiro atoms. The number of hydrogen-bond donors (Lipinski definition) is 2. The molecule has 0 radical (unpaired) electrons. The quantitative estimate of drug-likeness (QED) is 0.836. The smallest absolute Gasteiger partial charge is 0.354 e. The number of likely N-dealkylation sites (tertiary alicyclic amines) is 1. The Bertz CT molecular complexity index is 458. The molecule has 0 bridgehead atoms. The van der Waals surface area contributed by atoms with Crippen LogP contribution < -0.4 is 5.32 Å². The van der Waals surface area contributed by atoms with Crippen molar-refractivity contribution in [3.05, 3.63) is 17.5 Å². The average Bonchev–Trinajstić information content (AvgIpc) is 2.89. The monoisotopic (exact) mass is 264 g/mol. The van der Waals surface area contributed by atoms with E-state index in [9.17, 15) is 4.79 Å². The van der Waals surface area contributed by atoms with E-state index in [1.165, 1.54) is 18.9 Å². The summed E-state index contributed by atoms with van der Waals surface area (Å²) in [6.07, 6.45) is 2.52. The van der Waals surface area contributed by atoms with Gasteiger partial charge in [0.1, 0.15) is 0 Å². The van der Waals surface area contributed by atoms with E-state index in [1.807, 2.05) is 0 Å². The van der Waals surface area contributed by atoms with E-state index in [4.69, 9.17) is 5.11 Å². The van der Waals surface area contributed by atoms with Gasteiger partial charge in [-0.05, 0) is 45.8 Å². The number of nitrogens with zero attached hydrogens (tertiary/aromatic N) is 3. The summed E-state index contributed by atoms with van der Waals surface area (Å²) in [4.78, 5) is 21.5. The number of hydrogen-bond acceptors (Lipinski definition) is 5. The number of carbonyl (C=O) groups is 1. The van der Waals surface area contributed by atoms with E-state index in [1.54, 1.807) is 6.92 Å². The van der Waals surface area contributed by atoms with Gasteiger partial charge in [0.15, 0.2) is 5.69 Å². The first-order valence-corrected chi connectivity index (χ1v) is 6.63. The molecule has 1 atom stereocenters. The topological polar surface area (TPSA) is 78.3 Å². The molecule has 104 valence electrons. The van der Waals surface area contributed by atoms with Crippen molar-refractivity contribution >= 4 is 11.9 Å². The minimum absolute atomic E-state index is 0.0313. The second-order valence-electron chi connectivity index (χ2n) is 5.00. The van der Waals surface area contributed by atoms with Crippen molar-refractivity contribution in [1.82, 2.24) is 14.9 Å². The molecule has 0 aliphatic carbocycles. The normalized spacial score (nSPS) is 17.4. The van der Waals surface area contributed by atoms with Crippen molar-refractivity contribution in [2.45, 2.75) is 32.7 Å². The Morgan fingerprint density at radius 1 is 1.47 bits per heavy atom. The van der Waals surface area contributed by atoms with Crippen LogP contribution in [-0.4, -0.2) is 51.6 Å². The lowest BCUT2D eigenvalue weighted by Crippen LogP contribution is -2.35. The van der Waals surface area contributed by atoms with Crippen LogP contribution in [0.15, 0.2) is 6.07 Å². The molecule has 1 saturated heterocycles. The van der Waals surface area contributed by atoms with E-state index in [0.717, 1.165) is 19.6 Å². The highest BCUT2D eigenvalue weighted by molar-refractivity contribution is 5.85. The zero-order valence-electron chi connectivity index (χ0n) is 11.4. The number of aryl methyl sites for hydroxylation is 1. The minimum atomic E-state index is -1.03. The molecule has 1 aromatic rings. The second kappa shape index (κ2) is 5.97. The van der Waals surface area contributed by atoms with Gasteiger partial charge in [0.25, 0.3) is 0 Å². The summed E-state index contributed by atoms with van der Waals surface area (Å²) in [5, 5.41) is 12.1. The van der Waals surface area contributed by atoms with Crippen LogP contribution in [0.2, 0.25) is 0 Å². The van der Waals surface area contributed by atoms with Gasteiger partial charge in [-0.1, -0.05) is 0 Å². The zero-order chi connectivity index (χ0) is 13.8. The molecule has 0 aromatic carbocycles. The number of carboxylic acids is 1. The van der Waals surface area contributed by atoms with Gasteiger partial charge in [0.2, 0.25) is 5.95 Å². The fourth-order valence-electron chi connectivity index (χ4n) is 2.31. The molecule has 1 aromatic heterocycles. The first kappa shape index (κ1) is 13.7. The minimum Gasteiger partial charge on any atom is -0.477 e. The van der Waals surface area contributed by atoms with Crippen molar-refractivity contribution in [3.63, 3.8) is 0 Å². The molecule has 6 nitrogen and oxygen atoms in total. The van der Waals surface area contributed by atoms with Gasteiger partial charge in [0.05, 0.1) is 0 Å². The molecule has 1 aliphatic rings. The van der Waals surface area contributed by atoms with Gasteiger partial charge < -0.3 is 10.4 Å². The third kappa shape index (κ3) is 3.64. The summed E-state index contributed by atoms with van der Waals surface area (Å²) in [5.74, 6) is -0.635. The molecule has 0 amide bonds. The molecule has 2 rings (SSSR count). The molecule has 0 saturated carbocycles. The van der Waals surface area contributed by atoms with Crippen LogP contribution in [-0.2, 0) is 0 Å². The van der Waals surface area contributed by atoms with Crippen molar-refractivity contribution in [2.24, 2.45) is 0 Å². The fourth-order valence-corrected chi connectivity index (χ4v) is 2.31. The van der Waals surface area contributed by atoms with Crippen molar-refractivity contribution in [2.75, 3.05) is 25.0 Å². The van der Waals surface area contributed by atoms with E-state index >= 15 is 0 Å². The second-order valence-corrected chi connectivity index (χ2v) is 5.00. The molecule has 19 heavy (non-hydrogen) atoms. The summed E-state index contributed by atoms with van der Waals surface area (Å²) in [5.41, 5.74) is 0.688. The number of rotatable bonds is 5. The third-order valence-corrected chi connectivity index (χ3v) is 3.39. The van der Waals surface area contributed by atoms with E-state index in [2.05, 4.69) is 27.1 Å². The van der Waals surface area contributed by atoms with Crippen LogP contribution in [0.25, 0.3) is 0 Å². The van der Waals surface area contributed by atoms with Gasteiger partial charge in [-0.3, -0.25) is 4.90 Å². The van der Waals surface area contributed by atoms with Crippen molar-refractivity contribution in [1.29, 1.82) is 0 Å². The molecule has 2 heterocycles. The Morgan fingerprint density at radius 3 is 2.79 bits per heavy atom. The maximum atomic E-state index is 10.9. The first-order chi connectivity index (χ1) is 9.06. The van der Waals surface area contributed by atoms with E-state index < -0.39 is 5.97 Å². The maximum Gasteiger partial charge on any atom is 0.354 e. The number of nitrogens with one attached hydrogen (secondary N) is 1. The highest BCUT2D eigenvalue weighted by Crippen LogP contribution is 2.12. The van der Waals surface area contributed by atoms with Gasteiger partial charge in [0, 0.05) is 18.3 Å². The zero-order valence-corrected chi connectivity index (χ0v) is 11.4. The lowest BCUT2D eigenvalue weighted by atomic mass is 10.3. The van der Waals surface area contributed by atoms with Crippen LogP contribution in [0.4, 0.5) is 5.95 Å². The summed E-state index contributed by atoms with van der Waals surface area (Å²) in [7, 11) is 0. The standard InChI is InChI=1S/C13H20N4O2/c1-9-7-11(12(18)19)16-13(15-9)14-8-10(2)17-5-3-4-6-17/h7,10H,3-6,8H2,1-2H3,(H,18,19)(H,14,15,16). The molecular weight excluding hydrogens is 244 g/mol. The highest BCUT2D eigenvalue weighted by Gasteiger charge is 2.18. The van der Waals surface area contributed by atoms with Gasteiger partial charge in [-0.2, -0.15) is 0 Å². The molecular formula is C13H20N4O2. The van der Waals surface area contributed by atoms with E-state index in [0.29, 0.717) is 17.7 Å². The molecule has 1 fully saturated rings. The molecule has 6 heteroatoms. The summed E-state index contributed by atoms with van der Waals surface area (Å²) in [6.45, 7) is 6.92. The Morgan fingerprint density at radius 2 is 2.16 bits per heavy atom. The molecule has 1 aliphatic heterocycles. The van der Waals surface area contributed by atoms with Crippen molar-refractivity contribution < 1.29 is 9.90 Å². The number of anilines is 1. The Labute approximate surface area is 112 Å². The Balaban J connectivity index is 1.96. The predicted molar refractivity (Wildman–Crippen MR) is 72.5 cm³/mol. The van der Waals surface area contributed by atoms with Crippen LogP contribution >= 0.6 is 0 Å².